The van der Waals surface area contributed by atoms with E-state index in [9.17, 15) is 0 Å². The van der Waals surface area contributed by atoms with Crippen molar-refractivity contribution < 1.29 is 19.8 Å². The maximum Gasteiger partial charge on any atom is 0.414 e. The summed E-state index contributed by atoms with van der Waals surface area (Å²) in [5, 5.41) is 14.8. The topological polar surface area (TPSA) is 81.1 Å². The van der Waals surface area contributed by atoms with Crippen molar-refractivity contribution in [3.63, 3.8) is 0 Å². The number of carboxylic acid groups (broad SMARTS) is 2. The van der Waals surface area contributed by atoms with E-state index in [1.54, 1.807) is 0 Å². The number of nitrogens with zero attached hydrogens (tertiary/aromatic N) is 2. The van der Waals surface area contributed by atoms with E-state index in [1.807, 2.05) is 0 Å². The smallest absolute Gasteiger partial charge is 0.414 e. The van der Waals surface area contributed by atoms with Crippen LogP contribution in [0.1, 0.15) is 34.2 Å². The third kappa shape index (κ3) is 7.87. The van der Waals surface area contributed by atoms with Crippen LogP contribution in [-0.2, 0) is 9.59 Å². The van der Waals surface area contributed by atoms with E-state index in [0.29, 0.717) is 12.0 Å². The fourth-order valence-corrected chi connectivity index (χ4v) is 5.12. The predicted octanol–water partition coefficient (Wildman–Crippen LogP) is 5.38. The van der Waals surface area contributed by atoms with E-state index in [1.165, 1.54) is 22.3 Å². The van der Waals surface area contributed by atoms with Crippen molar-refractivity contribution in [1.29, 1.82) is 0 Å². The van der Waals surface area contributed by atoms with Crippen molar-refractivity contribution in [3.8, 4) is 0 Å². The van der Waals surface area contributed by atoms with Crippen LogP contribution < -0.4 is 0 Å². The summed E-state index contributed by atoms with van der Waals surface area (Å²) in [5.74, 6) is -3.25. The molecule has 0 aromatic heterocycles. The van der Waals surface area contributed by atoms with E-state index >= 15 is 0 Å². The molecule has 1 heterocycles. The molecule has 1 aliphatic rings. The number of hydrogen-bond acceptors (Lipinski definition) is 4. The zero-order chi connectivity index (χ0) is 27.5. The van der Waals surface area contributed by atoms with Gasteiger partial charge in [0.25, 0.3) is 0 Å². The minimum absolute atomic E-state index is 0.314. The summed E-state index contributed by atoms with van der Waals surface area (Å²) in [6.07, 6.45) is 0. The summed E-state index contributed by atoms with van der Waals surface area (Å²) in [6, 6.07) is 44.2. The molecule has 5 rings (SSSR count). The molecule has 39 heavy (non-hydrogen) atoms. The molecule has 200 valence electrons. The number of aliphatic carboxylic acids is 2. The molecule has 1 aliphatic heterocycles. The Labute approximate surface area is 229 Å². The lowest BCUT2D eigenvalue weighted by Crippen LogP contribution is -2.48. The first-order valence-corrected chi connectivity index (χ1v) is 13.2. The quantitative estimate of drug-likeness (QED) is 0.317. The summed E-state index contributed by atoms with van der Waals surface area (Å²) < 4.78 is 0. The molecule has 0 unspecified atom stereocenters. The lowest BCUT2D eigenvalue weighted by atomic mass is 9.90. The monoisotopic (exact) mass is 522 g/mol. The van der Waals surface area contributed by atoms with Gasteiger partial charge in [-0.1, -0.05) is 121 Å². The van der Waals surface area contributed by atoms with Crippen LogP contribution in [0.15, 0.2) is 121 Å². The standard InChI is InChI=1S/C31H32N2.C2H2O4/c1-5-13-26(14-6-1)30(27-15-7-2-8-16-27)25-32-21-23-33(24-22-32)31(28-17-9-3-10-18-28)29-19-11-4-12-20-29;3-1(4)2(5)6/h1-20,30-31H,21-25H2;(H,3,4)(H,5,6). The van der Waals surface area contributed by atoms with Gasteiger partial charge in [-0.3, -0.25) is 9.80 Å². The van der Waals surface area contributed by atoms with Gasteiger partial charge in [-0.15, -0.1) is 0 Å². The Morgan fingerprint density at radius 1 is 0.538 bits per heavy atom. The number of carboxylic acids is 2. The molecule has 0 saturated carbocycles. The average Bonchev–Trinajstić information content (AvgIpc) is 2.99. The van der Waals surface area contributed by atoms with E-state index in [2.05, 4.69) is 131 Å². The maximum atomic E-state index is 9.10. The molecule has 2 N–H and O–H groups in total. The van der Waals surface area contributed by atoms with Crippen LogP contribution in [0.2, 0.25) is 0 Å². The van der Waals surface area contributed by atoms with Crippen LogP contribution in [0.3, 0.4) is 0 Å². The summed E-state index contributed by atoms with van der Waals surface area (Å²) >= 11 is 0. The zero-order valence-corrected chi connectivity index (χ0v) is 21.8. The molecule has 0 radical (unpaired) electrons. The van der Waals surface area contributed by atoms with E-state index < -0.39 is 11.9 Å². The molecule has 0 atom stereocenters. The Hall–Kier alpha value is -4.26. The van der Waals surface area contributed by atoms with E-state index in [0.717, 1.165) is 32.7 Å². The minimum atomic E-state index is -1.82. The van der Waals surface area contributed by atoms with Gasteiger partial charge in [0.05, 0.1) is 6.04 Å². The highest BCUT2D eigenvalue weighted by Crippen LogP contribution is 2.31. The lowest BCUT2D eigenvalue weighted by molar-refractivity contribution is -0.159. The second-order valence-corrected chi connectivity index (χ2v) is 9.54. The molecule has 1 fully saturated rings. The van der Waals surface area contributed by atoms with E-state index in [4.69, 9.17) is 19.8 Å². The highest BCUT2D eigenvalue weighted by Gasteiger charge is 2.28. The normalized spacial score (nSPS) is 14.0. The molecule has 4 aromatic carbocycles. The fourth-order valence-electron chi connectivity index (χ4n) is 5.12. The Balaban J connectivity index is 0.000000531. The number of hydrogen-bond donors (Lipinski definition) is 2. The Morgan fingerprint density at radius 3 is 1.21 bits per heavy atom. The number of benzene rings is 4. The molecular formula is C33H34N2O4. The lowest BCUT2D eigenvalue weighted by Gasteiger charge is -2.41. The third-order valence-electron chi connectivity index (χ3n) is 7.03. The molecule has 0 spiro atoms. The van der Waals surface area contributed by atoms with Crippen LogP contribution in [0.4, 0.5) is 0 Å². The number of carbonyl (C=O) groups is 2. The Morgan fingerprint density at radius 2 is 0.872 bits per heavy atom. The molecule has 6 heteroatoms. The van der Waals surface area contributed by atoms with Crippen LogP contribution in [0, 0.1) is 0 Å². The Bertz CT molecular complexity index is 1200. The highest BCUT2D eigenvalue weighted by molar-refractivity contribution is 6.27. The molecule has 0 bridgehead atoms. The molecule has 1 saturated heterocycles. The second kappa shape index (κ2) is 14.0. The fraction of sp³-hybridized carbons (Fsp3) is 0.212. The van der Waals surface area contributed by atoms with Crippen molar-refractivity contribution in [3.05, 3.63) is 144 Å². The predicted molar refractivity (Wildman–Crippen MR) is 153 cm³/mol. The van der Waals surface area contributed by atoms with Gasteiger partial charge in [0.15, 0.2) is 0 Å². The maximum absolute atomic E-state index is 9.10. The average molecular weight is 523 g/mol. The molecule has 0 aliphatic carbocycles. The summed E-state index contributed by atoms with van der Waals surface area (Å²) in [4.78, 5) is 23.5. The van der Waals surface area contributed by atoms with Crippen LogP contribution >= 0.6 is 0 Å². The first-order valence-electron chi connectivity index (χ1n) is 13.2. The van der Waals surface area contributed by atoms with Gasteiger partial charge in [0.1, 0.15) is 0 Å². The molecular weight excluding hydrogens is 488 g/mol. The Kier molecular flexibility index (Phi) is 10.0. The van der Waals surface area contributed by atoms with Crippen molar-refractivity contribution in [2.24, 2.45) is 0 Å². The van der Waals surface area contributed by atoms with Crippen molar-refractivity contribution in [2.75, 3.05) is 32.7 Å². The summed E-state index contributed by atoms with van der Waals surface area (Å²) in [5.41, 5.74) is 5.56. The van der Waals surface area contributed by atoms with Crippen LogP contribution in [-0.4, -0.2) is 64.7 Å². The van der Waals surface area contributed by atoms with Crippen molar-refractivity contribution >= 4 is 11.9 Å². The van der Waals surface area contributed by atoms with Crippen molar-refractivity contribution in [1.82, 2.24) is 9.80 Å². The van der Waals surface area contributed by atoms with Gasteiger partial charge in [-0.25, -0.2) is 9.59 Å². The van der Waals surface area contributed by atoms with Gasteiger partial charge in [0.2, 0.25) is 0 Å². The van der Waals surface area contributed by atoms with Crippen LogP contribution in [0.5, 0.6) is 0 Å². The van der Waals surface area contributed by atoms with Gasteiger partial charge >= 0.3 is 11.9 Å². The highest BCUT2D eigenvalue weighted by atomic mass is 16.4. The van der Waals surface area contributed by atoms with Crippen LogP contribution in [0.25, 0.3) is 0 Å². The molecule has 4 aromatic rings. The second-order valence-electron chi connectivity index (χ2n) is 9.54. The SMILES string of the molecule is O=C(O)C(=O)O.c1ccc(C(CN2CCN(C(c3ccccc3)c3ccccc3)CC2)c2ccccc2)cc1. The first kappa shape index (κ1) is 27.8. The largest absolute Gasteiger partial charge is 0.473 e. The minimum Gasteiger partial charge on any atom is -0.473 e. The van der Waals surface area contributed by atoms with Gasteiger partial charge in [-0.2, -0.15) is 0 Å². The first-order chi connectivity index (χ1) is 19.0. The molecule has 6 nitrogen and oxygen atoms in total. The summed E-state index contributed by atoms with van der Waals surface area (Å²) in [6.45, 7) is 5.39. The van der Waals surface area contributed by atoms with Gasteiger partial charge < -0.3 is 10.2 Å². The number of rotatable bonds is 7. The van der Waals surface area contributed by atoms with Gasteiger partial charge in [-0.05, 0) is 22.3 Å². The zero-order valence-electron chi connectivity index (χ0n) is 21.8. The number of piperazine rings is 1. The van der Waals surface area contributed by atoms with E-state index in [-0.39, 0.29) is 0 Å². The summed E-state index contributed by atoms with van der Waals surface area (Å²) in [7, 11) is 0. The molecule has 0 amide bonds. The van der Waals surface area contributed by atoms with Gasteiger partial charge in [0, 0.05) is 38.6 Å². The van der Waals surface area contributed by atoms with Crippen molar-refractivity contribution in [2.45, 2.75) is 12.0 Å². The third-order valence-corrected chi connectivity index (χ3v) is 7.03.